The predicted octanol–water partition coefficient (Wildman–Crippen LogP) is 2.95. The van der Waals surface area contributed by atoms with Crippen LogP contribution in [0.4, 0.5) is 0 Å². The lowest BCUT2D eigenvalue weighted by Crippen LogP contribution is -2.39. The van der Waals surface area contributed by atoms with E-state index in [-0.39, 0.29) is 33.0 Å². The van der Waals surface area contributed by atoms with E-state index in [2.05, 4.69) is 0 Å². The highest BCUT2D eigenvalue weighted by Crippen LogP contribution is 2.16. The van der Waals surface area contributed by atoms with Gasteiger partial charge in [0, 0.05) is 0 Å². The van der Waals surface area contributed by atoms with Crippen molar-refractivity contribution in [2.24, 2.45) is 0 Å². The van der Waals surface area contributed by atoms with E-state index in [1.807, 2.05) is 13.8 Å². The van der Waals surface area contributed by atoms with Crippen molar-refractivity contribution in [3.05, 3.63) is 35.4 Å². The first-order valence-corrected chi connectivity index (χ1v) is 10.0. The molecule has 8 nitrogen and oxygen atoms in total. The maximum absolute atomic E-state index is 12.1. The largest absolute Gasteiger partial charge is 0.460 e. The van der Waals surface area contributed by atoms with Gasteiger partial charge in [-0.05, 0) is 52.0 Å². The molecule has 1 rings (SSSR count). The summed E-state index contributed by atoms with van der Waals surface area (Å²) in [4.78, 5) is 23.9. The molecule has 0 aliphatic rings. The van der Waals surface area contributed by atoms with Crippen LogP contribution in [-0.2, 0) is 22.0 Å². The normalized spacial score (nSPS) is 11.9. The first-order chi connectivity index (χ1) is 13.6. The molecule has 0 saturated heterocycles. The molecule has 1 N–H and O–H groups in total. The summed E-state index contributed by atoms with van der Waals surface area (Å²) < 4.78 is 26.3. The summed E-state index contributed by atoms with van der Waals surface area (Å²) in [5.41, 5.74) is -0.575. The van der Waals surface area contributed by atoms with E-state index in [1.165, 1.54) is 24.3 Å². The number of hydrogen-bond acceptors (Lipinski definition) is 8. The van der Waals surface area contributed by atoms with E-state index >= 15 is 0 Å². The molecule has 0 amide bonds. The van der Waals surface area contributed by atoms with Crippen molar-refractivity contribution >= 4 is 34.9 Å². The summed E-state index contributed by atoms with van der Waals surface area (Å²) >= 11 is 1.72. The highest BCUT2D eigenvalue weighted by atomic mass is 127. The van der Waals surface area contributed by atoms with Crippen LogP contribution < -0.4 is 0 Å². The molecular weight excluding hydrogens is 495 g/mol. The Balaban J connectivity index is 2.38. The molecule has 164 valence electrons. The highest BCUT2D eigenvalue weighted by Gasteiger charge is 2.25. The molecular formula is C20H29IO8. The van der Waals surface area contributed by atoms with Crippen molar-refractivity contribution in [1.82, 2.24) is 0 Å². The molecule has 0 heterocycles. The number of aliphatic hydroxyl groups excluding tert-OH is 1. The van der Waals surface area contributed by atoms with Crippen molar-refractivity contribution in [2.75, 3.05) is 39.6 Å². The van der Waals surface area contributed by atoms with Crippen LogP contribution in [0.1, 0.15) is 48.4 Å². The van der Waals surface area contributed by atoms with Crippen LogP contribution in [0.5, 0.6) is 0 Å². The lowest BCUT2D eigenvalue weighted by atomic mass is 10.1. The zero-order chi connectivity index (χ0) is 21.9. The van der Waals surface area contributed by atoms with Gasteiger partial charge in [0.2, 0.25) is 0 Å². The molecule has 0 atom stereocenters. The van der Waals surface area contributed by atoms with Crippen molar-refractivity contribution in [2.45, 2.75) is 38.9 Å². The monoisotopic (exact) mass is 524 g/mol. The van der Waals surface area contributed by atoms with Crippen molar-refractivity contribution < 1.29 is 36.7 Å². The second-order valence-electron chi connectivity index (χ2n) is 7.48. The number of halogens is 1. The van der Waals surface area contributed by atoms with Crippen LogP contribution in [0, 0.1) is 0 Å². The molecule has 9 heteroatoms. The Kier molecular flexibility index (Phi) is 11.0. The molecule has 1 aromatic carbocycles. The van der Waals surface area contributed by atoms with Gasteiger partial charge in [0.05, 0.1) is 48.8 Å². The van der Waals surface area contributed by atoms with Gasteiger partial charge in [-0.15, -0.1) is 0 Å². The zero-order valence-electron chi connectivity index (χ0n) is 17.2. The smallest absolute Gasteiger partial charge is 0.338 e. The fraction of sp³-hybridized carbons (Fsp3) is 0.600. The maximum Gasteiger partial charge on any atom is 0.338 e. The number of benzene rings is 1. The van der Waals surface area contributed by atoms with Gasteiger partial charge in [0.15, 0.2) is 0 Å². The van der Waals surface area contributed by atoms with Crippen molar-refractivity contribution in [3.63, 3.8) is 0 Å². The van der Waals surface area contributed by atoms with Gasteiger partial charge in [-0.1, -0.05) is 0 Å². The Morgan fingerprint density at radius 3 is 1.76 bits per heavy atom. The first kappa shape index (κ1) is 25.8. The number of esters is 2. The lowest BCUT2D eigenvalue weighted by Gasteiger charge is -2.30. The van der Waals surface area contributed by atoms with E-state index in [1.54, 1.807) is 36.9 Å². The summed E-state index contributed by atoms with van der Waals surface area (Å²) in [6.45, 7) is 8.21. The van der Waals surface area contributed by atoms with Crippen LogP contribution in [-0.4, -0.2) is 67.9 Å². The lowest BCUT2D eigenvalue weighted by molar-refractivity contribution is -0.135. The Morgan fingerprint density at radius 2 is 1.31 bits per heavy atom. The molecule has 0 saturated carbocycles. The van der Waals surface area contributed by atoms with E-state index in [0.29, 0.717) is 17.7 Å². The SMILES string of the molecule is CC(C)(CO)OCC(C)(C)OCCOC(=O)c1ccc(C(=O)OCCOI)cc1. The highest BCUT2D eigenvalue weighted by molar-refractivity contribution is 14.1. The minimum atomic E-state index is -0.644. The fourth-order valence-corrected chi connectivity index (χ4v) is 2.16. The fourth-order valence-electron chi connectivity index (χ4n) is 1.98. The zero-order valence-corrected chi connectivity index (χ0v) is 19.4. The molecule has 1 aromatic rings. The van der Waals surface area contributed by atoms with E-state index in [9.17, 15) is 14.7 Å². The van der Waals surface area contributed by atoms with Crippen LogP contribution in [0.3, 0.4) is 0 Å². The Hall–Kier alpha value is -1.27. The number of carbonyl (C=O) groups excluding carboxylic acids is 2. The Labute approximate surface area is 185 Å². The van der Waals surface area contributed by atoms with Gasteiger partial charge in [0.1, 0.15) is 36.2 Å². The van der Waals surface area contributed by atoms with E-state index in [0.717, 1.165) is 0 Å². The standard InChI is InChI=1S/C20H29IO8/c1-19(2,13-22)28-14-20(3,4)27-11-9-25-17(23)15-5-7-16(8-6-15)18(24)26-10-12-29-21/h5-8,22H,9-14H2,1-4H3. The van der Waals surface area contributed by atoms with Crippen molar-refractivity contribution in [3.8, 4) is 0 Å². The van der Waals surface area contributed by atoms with Gasteiger partial charge in [-0.2, -0.15) is 0 Å². The minimum Gasteiger partial charge on any atom is -0.460 e. The summed E-state index contributed by atoms with van der Waals surface area (Å²) in [7, 11) is 0. The Morgan fingerprint density at radius 1 is 0.828 bits per heavy atom. The molecule has 0 aromatic heterocycles. The van der Waals surface area contributed by atoms with Crippen molar-refractivity contribution in [1.29, 1.82) is 0 Å². The summed E-state index contributed by atoms with van der Waals surface area (Å²) in [5, 5.41) is 9.22. The second kappa shape index (κ2) is 12.4. The third kappa shape index (κ3) is 10.4. The van der Waals surface area contributed by atoms with Crippen LogP contribution in [0.15, 0.2) is 24.3 Å². The number of ether oxygens (including phenoxy) is 4. The molecule has 0 aliphatic carbocycles. The molecule has 0 bridgehead atoms. The van der Waals surface area contributed by atoms with Gasteiger partial charge in [-0.25, -0.2) is 9.59 Å². The second-order valence-corrected chi connectivity index (χ2v) is 8.10. The molecule has 0 radical (unpaired) electrons. The average Bonchev–Trinajstić information content (AvgIpc) is 2.70. The molecule has 0 unspecified atom stereocenters. The van der Waals surface area contributed by atoms with Gasteiger partial charge in [0.25, 0.3) is 0 Å². The number of aliphatic hydroxyl groups is 1. The predicted molar refractivity (Wildman–Crippen MR) is 114 cm³/mol. The number of carbonyl (C=O) groups is 2. The summed E-state index contributed by atoms with van der Waals surface area (Å²) in [5.74, 6) is -0.997. The summed E-state index contributed by atoms with van der Waals surface area (Å²) in [6, 6.07) is 6.01. The first-order valence-electron chi connectivity index (χ1n) is 9.17. The molecule has 29 heavy (non-hydrogen) atoms. The minimum absolute atomic E-state index is 0.0752. The third-order valence-corrected chi connectivity index (χ3v) is 4.19. The topological polar surface area (TPSA) is 101 Å². The van der Waals surface area contributed by atoms with Gasteiger partial charge in [-0.3, -0.25) is 0 Å². The van der Waals surface area contributed by atoms with Crippen LogP contribution in [0.2, 0.25) is 0 Å². The van der Waals surface area contributed by atoms with Gasteiger partial charge < -0.3 is 27.1 Å². The van der Waals surface area contributed by atoms with E-state index in [4.69, 9.17) is 22.0 Å². The van der Waals surface area contributed by atoms with E-state index < -0.39 is 23.1 Å². The van der Waals surface area contributed by atoms with Crippen LogP contribution >= 0.6 is 23.0 Å². The summed E-state index contributed by atoms with van der Waals surface area (Å²) in [6.07, 6.45) is 0. The number of hydrogen-bond donors (Lipinski definition) is 1. The average molecular weight is 524 g/mol. The van der Waals surface area contributed by atoms with Crippen LogP contribution in [0.25, 0.3) is 0 Å². The quantitative estimate of drug-likeness (QED) is 0.239. The molecule has 0 fully saturated rings. The number of rotatable bonds is 13. The van der Waals surface area contributed by atoms with Gasteiger partial charge >= 0.3 is 11.9 Å². The maximum atomic E-state index is 12.1. The molecule has 0 aliphatic heterocycles. The molecule has 0 spiro atoms. The Bertz CT molecular complexity index is 642. The third-order valence-electron chi connectivity index (χ3n) is 3.75.